The van der Waals surface area contributed by atoms with Crippen molar-refractivity contribution in [3.63, 3.8) is 0 Å². The number of nitrogens with one attached hydrogen (secondary N) is 1. The van der Waals surface area contributed by atoms with Crippen molar-refractivity contribution < 1.29 is 18.0 Å². The maximum absolute atomic E-state index is 12.8. The van der Waals surface area contributed by atoms with E-state index in [1.54, 1.807) is 0 Å². The average Bonchev–Trinajstić information content (AvgIpc) is 2.85. The highest BCUT2D eigenvalue weighted by atomic mass is 19.4. The van der Waals surface area contributed by atoms with Gasteiger partial charge in [0.15, 0.2) is 12.2 Å². The van der Waals surface area contributed by atoms with Gasteiger partial charge in [-0.2, -0.15) is 13.2 Å². The summed E-state index contributed by atoms with van der Waals surface area (Å²) >= 11 is 0. The number of alkyl halides is 3. The molecule has 1 amide bonds. The van der Waals surface area contributed by atoms with E-state index in [1.165, 1.54) is 63.5 Å². The van der Waals surface area contributed by atoms with Gasteiger partial charge >= 0.3 is 6.18 Å². The number of carbonyl (C=O) groups is 1. The first-order chi connectivity index (χ1) is 16.8. The molecular weight excluding hydrogens is 449 g/mol. The van der Waals surface area contributed by atoms with Gasteiger partial charge in [0, 0.05) is 29.8 Å². The number of halogens is 3. The Morgan fingerprint density at radius 1 is 0.771 bits per heavy atom. The van der Waals surface area contributed by atoms with Crippen LogP contribution in [0.1, 0.15) is 99.5 Å². The van der Waals surface area contributed by atoms with Gasteiger partial charge in [-0.05, 0) is 37.6 Å². The van der Waals surface area contributed by atoms with Crippen LogP contribution in [0.25, 0.3) is 0 Å². The number of anilines is 1. The monoisotopic (exact) mass is 490 g/mol. The fourth-order valence-electron chi connectivity index (χ4n) is 4.15. The molecule has 0 aliphatic heterocycles. The van der Waals surface area contributed by atoms with Gasteiger partial charge in [-0.15, -0.1) is 4.90 Å². The van der Waals surface area contributed by atoms with Gasteiger partial charge in [0.1, 0.15) is 6.54 Å². The summed E-state index contributed by atoms with van der Waals surface area (Å²) in [7, 11) is 0. The summed E-state index contributed by atoms with van der Waals surface area (Å²) in [4.78, 5) is 14.4. The van der Waals surface area contributed by atoms with Crippen LogP contribution in [0.3, 0.4) is 0 Å². The minimum Gasteiger partial charge on any atom is -0.352 e. The van der Waals surface area contributed by atoms with Crippen molar-refractivity contribution >= 4 is 11.6 Å². The molecule has 2 rings (SSSR count). The number of carbonyl (C=O) groups excluding carboxylic acids is 1. The third-order valence-corrected chi connectivity index (χ3v) is 6.35. The Labute approximate surface area is 209 Å². The number of hydrogen-bond donors (Lipinski definition) is 1. The van der Waals surface area contributed by atoms with Crippen LogP contribution in [0.2, 0.25) is 0 Å². The van der Waals surface area contributed by atoms with E-state index in [1.807, 2.05) is 36.1 Å². The second kappa shape index (κ2) is 15.6. The zero-order valence-electron chi connectivity index (χ0n) is 21.3. The summed E-state index contributed by atoms with van der Waals surface area (Å²) in [5, 5.41) is 3.00. The molecule has 0 aliphatic rings. The molecule has 0 atom stereocenters. The van der Waals surface area contributed by atoms with Crippen molar-refractivity contribution in [2.75, 3.05) is 13.1 Å². The molecular formula is C29H41F3N2O+. The molecule has 1 radical (unpaired) electrons. The van der Waals surface area contributed by atoms with Crippen molar-refractivity contribution in [1.82, 2.24) is 10.2 Å². The Morgan fingerprint density at radius 3 is 1.83 bits per heavy atom. The summed E-state index contributed by atoms with van der Waals surface area (Å²) < 4.78 is 38.4. The standard InChI is InChI=1S/C29H41F3N2O/c1-3-5-6-7-8-9-10-11-12-13-22-33-28(35)25-16-14-24(15-17-25)23-34(4-2)27-20-18-26(19-21-27)29(30,31)32/h14-21H,3-13,22-23H2,1-2H3,(H,33,35)/q+1. The van der Waals surface area contributed by atoms with Crippen molar-refractivity contribution in [1.29, 1.82) is 0 Å². The van der Waals surface area contributed by atoms with E-state index in [9.17, 15) is 18.0 Å². The number of benzene rings is 2. The van der Waals surface area contributed by atoms with Crippen molar-refractivity contribution in [3.05, 3.63) is 65.2 Å². The van der Waals surface area contributed by atoms with Gasteiger partial charge in [-0.1, -0.05) is 76.8 Å². The Hall–Kier alpha value is -2.34. The molecule has 0 fully saturated rings. The SMILES string of the molecule is CCCCCCCCCCCCNC(=O)c1ccc(C[N+](CC)c2ccc(C(F)(F)F)cc2)cc1. The third kappa shape index (κ3) is 10.9. The van der Waals surface area contributed by atoms with E-state index in [0.717, 1.165) is 36.2 Å². The van der Waals surface area contributed by atoms with Crippen LogP contribution in [-0.4, -0.2) is 19.0 Å². The van der Waals surface area contributed by atoms with Crippen LogP contribution in [0.15, 0.2) is 48.5 Å². The summed E-state index contributed by atoms with van der Waals surface area (Å²) in [5.74, 6) is -0.0671. The number of amides is 1. The first-order valence-electron chi connectivity index (χ1n) is 13.1. The molecule has 0 saturated carbocycles. The van der Waals surface area contributed by atoms with Crippen LogP contribution in [-0.2, 0) is 12.7 Å². The van der Waals surface area contributed by atoms with Crippen LogP contribution >= 0.6 is 0 Å². The molecule has 0 heterocycles. The van der Waals surface area contributed by atoms with Gasteiger partial charge in [-0.25, -0.2) is 0 Å². The predicted octanol–water partition coefficient (Wildman–Crippen LogP) is 8.35. The van der Waals surface area contributed by atoms with Crippen molar-refractivity contribution in [2.24, 2.45) is 0 Å². The first kappa shape index (κ1) is 28.9. The topological polar surface area (TPSA) is 35.0 Å². The first-order valence-corrected chi connectivity index (χ1v) is 13.1. The molecule has 0 aliphatic carbocycles. The lowest BCUT2D eigenvalue weighted by molar-refractivity contribution is -0.137. The fraction of sp³-hybridized carbons (Fsp3) is 0.552. The fourth-order valence-corrected chi connectivity index (χ4v) is 4.15. The summed E-state index contributed by atoms with van der Waals surface area (Å²) in [6.45, 7) is 6.11. The van der Waals surface area contributed by atoms with E-state index < -0.39 is 11.7 Å². The normalized spacial score (nSPS) is 11.7. The van der Waals surface area contributed by atoms with Crippen molar-refractivity contribution in [3.8, 4) is 0 Å². The lowest BCUT2D eigenvalue weighted by Crippen LogP contribution is -2.25. The van der Waals surface area contributed by atoms with Gasteiger partial charge in [0.25, 0.3) is 5.91 Å². The predicted molar refractivity (Wildman–Crippen MR) is 138 cm³/mol. The lowest BCUT2D eigenvalue weighted by atomic mass is 10.1. The second-order valence-electron chi connectivity index (χ2n) is 9.19. The highest BCUT2D eigenvalue weighted by Crippen LogP contribution is 2.30. The Balaban J connectivity index is 1.70. The number of hydrogen-bond acceptors (Lipinski definition) is 2. The van der Waals surface area contributed by atoms with Gasteiger partial charge < -0.3 is 5.32 Å². The Bertz CT molecular complexity index is 848. The maximum Gasteiger partial charge on any atom is 0.416 e. The van der Waals surface area contributed by atoms with Crippen LogP contribution in [0, 0.1) is 0 Å². The third-order valence-electron chi connectivity index (χ3n) is 6.35. The van der Waals surface area contributed by atoms with E-state index in [4.69, 9.17) is 0 Å². The molecule has 0 bridgehead atoms. The smallest absolute Gasteiger partial charge is 0.352 e. The van der Waals surface area contributed by atoms with Gasteiger partial charge in [0.2, 0.25) is 0 Å². The molecule has 0 aromatic heterocycles. The Kier molecular flexibility index (Phi) is 12.9. The molecule has 35 heavy (non-hydrogen) atoms. The van der Waals surface area contributed by atoms with Crippen molar-refractivity contribution in [2.45, 2.75) is 90.8 Å². The Morgan fingerprint density at radius 2 is 1.31 bits per heavy atom. The molecule has 0 spiro atoms. The zero-order chi connectivity index (χ0) is 25.5. The van der Waals surface area contributed by atoms with Crippen LogP contribution < -0.4 is 10.2 Å². The summed E-state index contributed by atoms with van der Waals surface area (Å²) in [6, 6.07) is 12.7. The minimum atomic E-state index is -4.33. The summed E-state index contributed by atoms with van der Waals surface area (Å²) in [6.07, 6.45) is 8.33. The molecule has 0 unspecified atom stereocenters. The molecule has 1 N–H and O–H groups in total. The summed E-state index contributed by atoms with van der Waals surface area (Å²) in [5.41, 5.74) is 1.71. The minimum absolute atomic E-state index is 0.0671. The van der Waals surface area contributed by atoms with E-state index in [-0.39, 0.29) is 5.91 Å². The number of nitrogens with zero attached hydrogens (tertiary/aromatic N) is 1. The lowest BCUT2D eigenvalue weighted by Gasteiger charge is -2.12. The maximum atomic E-state index is 12.8. The molecule has 193 valence electrons. The van der Waals surface area contributed by atoms with Gasteiger partial charge in [-0.3, -0.25) is 4.79 Å². The average molecular weight is 491 g/mol. The van der Waals surface area contributed by atoms with Crippen LogP contribution in [0.5, 0.6) is 0 Å². The zero-order valence-corrected chi connectivity index (χ0v) is 21.3. The number of rotatable bonds is 16. The quantitative estimate of drug-likeness (QED) is 0.186. The highest BCUT2D eigenvalue weighted by molar-refractivity contribution is 5.94. The van der Waals surface area contributed by atoms with Crippen LogP contribution in [0.4, 0.5) is 18.9 Å². The molecule has 6 heteroatoms. The van der Waals surface area contributed by atoms with E-state index in [2.05, 4.69) is 12.2 Å². The molecule has 0 saturated heterocycles. The largest absolute Gasteiger partial charge is 0.416 e. The molecule has 2 aromatic carbocycles. The number of unbranched alkanes of at least 4 members (excludes halogenated alkanes) is 9. The second-order valence-corrected chi connectivity index (χ2v) is 9.19. The van der Waals surface area contributed by atoms with Gasteiger partial charge in [0.05, 0.1) is 5.56 Å². The molecule has 2 aromatic rings. The highest BCUT2D eigenvalue weighted by Gasteiger charge is 2.31. The van der Waals surface area contributed by atoms with E-state index >= 15 is 0 Å². The molecule has 3 nitrogen and oxygen atoms in total. The van der Waals surface area contributed by atoms with E-state index in [0.29, 0.717) is 25.2 Å².